The minimum atomic E-state index is 0.610. The molecular formula is C17H24ClN3. The van der Waals surface area contributed by atoms with Crippen LogP contribution in [0.3, 0.4) is 0 Å². The van der Waals surface area contributed by atoms with Gasteiger partial charge in [0.1, 0.15) is 0 Å². The summed E-state index contributed by atoms with van der Waals surface area (Å²) in [6.07, 6.45) is 5.40. The molecule has 0 aliphatic heterocycles. The molecule has 1 atom stereocenters. The number of pyridine rings is 1. The first-order chi connectivity index (χ1) is 10.2. The number of nitrogens with zero attached hydrogens (tertiary/aromatic N) is 1. The average molecular weight is 306 g/mol. The fraction of sp³-hybridized carbons (Fsp3) is 0.471. The molecule has 0 amide bonds. The summed E-state index contributed by atoms with van der Waals surface area (Å²) in [5.41, 5.74) is 2.06. The van der Waals surface area contributed by atoms with Crippen LogP contribution in [0.15, 0.2) is 30.5 Å². The topological polar surface area (TPSA) is 37.0 Å². The van der Waals surface area contributed by atoms with E-state index in [1.165, 1.54) is 12.8 Å². The van der Waals surface area contributed by atoms with Crippen molar-refractivity contribution in [1.82, 2.24) is 10.3 Å². The van der Waals surface area contributed by atoms with E-state index in [4.69, 9.17) is 11.6 Å². The van der Waals surface area contributed by atoms with Gasteiger partial charge < -0.3 is 10.6 Å². The highest BCUT2D eigenvalue weighted by atomic mass is 35.5. The van der Waals surface area contributed by atoms with Gasteiger partial charge in [0.25, 0.3) is 0 Å². The summed E-state index contributed by atoms with van der Waals surface area (Å²) >= 11 is 6.00. The molecule has 4 heteroatoms. The summed E-state index contributed by atoms with van der Waals surface area (Å²) in [6.45, 7) is 6.47. The van der Waals surface area contributed by atoms with Crippen molar-refractivity contribution in [3.05, 3.63) is 35.5 Å². The van der Waals surface area contributed by atoms with Gasteiger partial charge in [0.15, 0.2) is 0 Å². The third-order valence-electron chi connectivity index (χ3n) is 3.59. The van der Waals surface area contributed by atoms with E-state index in [9.17, 15) is 0 Å². The average Bonchev–Trinajstić information content (AvgIpc) is 2.47. The van der Waals surface area contributed by atoms with E-state index in [1.807, 2.05) is 30.5 Å². The van der Waals surface area contributed by atoms with Gasteiger partial charge in [-0.15, -0.1) is 0 Å². The van der Waals surface area contributed by atoms with Crippen molar-refractivity contribution >= 4 is 28.2 Å². The quantitative estimate of drug-likeness (QED) is 0.707. The monoisotopic (exact) mass is 305 g/mol. The molecule has 3 nitrogen and oxygen atoms in total. The lowest BCUT2D eigenvalue weighted by Crippen LogP contribution is -2.27. The van der Waals surface area contributed by atoms with Crippen molar-refractivity contribution < 1.29 is 0 Å². The number of hydrogen-bond donors (Lipinski definition) is 2. The second-order valence-electron chi connectivity index (χ2n) is 5.44. The van der Waals surface area contributed by atoms with Crippen LogP contribution in [0.4, 0.5) is 5.69 Å². The van der Waals surface area contributed by atoms with Crippen LogP contribution < -0.4 is 10.6 Å². The lowest BCUT2D eigenvalue weighted by atomic mass is 10.2. The van der Waals surface area contributed by atoms with Crippen molar-refractivity contribution in [1.29, 1.82) is 0 Å². The molecule has 0 saturated carbocycles. The van der Waals surface area contributed by atoms with Gasteiger partial charge in [-0.05, 0) is 50.6 Å². The Morgan fingerprint density at radius 1 is 1.24 bits per heavy atom. The normalized spacial score (nSPS) is 12.5. The molecule has 0 aliphatic carbocycles. The molecule has 2 aromatic rings. The zero-order chi connectivity index (χ0) is 15.1. The number of nitrogens with one attached hydrogen (secondary N) is 2. The maximum absolute atomic E-state index is 6.00. The first-order valence-electron chi connectivity index (χ1n) is 7.72. The van der Waals surface area contributed by atoms with Crippen LogP contribution in [0.25, 0.3) is 10.9 Å². The largest absolute Gasteiger partial charge is 0.384 e. The molecule has 0 saturated heterocycles. The summed E-state index contributed by atoms with van der Waals surface area (Å²) in [6, 6.07) is 8.46. The Bertz CT molecular complexity index is 571. The van der Waals surface area contributed by atoms with Crippen molar-refractivity contribution in [2.24, 2.45) is 0 Å². The fourth-order valence-corrected chi connectivity index (χ4v) is 2.64. The van der Waals surface area contributed by atoms with E-state index < -0.39 is 0 Å². The molecule has 0 aliphatic rings. The number of hydrogen-bond acceptors (Lipinski definition) is 3. The lowest BCUT2D eigenvalue weighted by molar-refractivity contribution is 0.505. The Labute approximate surface area is 132 Å². The highest BCUT2D eigenvalue weighted by Crippen LogP contribution is 2.24. The number of rotatable bonds is 8. The highest BCUT2D eigenvalue weighted by Gasteiger charge is 2.02. The first-order valence-corrected chi connectivity index (χ1v) is 8.10. The molecule has 2 rings (SSSR count). The maximum atomic E-state index is 6.00. The SMILES string of the molecule is CCCC(C)NCCCNc1ccnc2cc(Cl)ccc12. The molecule has 21 heavy (non-hydrogen) atoms. The van der Waals surface area contributed by atoms with Gasteiger partial charge in [-0.2, -0.15) is 0 Å². The van der Waals surface area contributed by atoms with Crippen LogP contribution >= 0.6 is 11.6 Å². The van der Waals surface area contributed by atoms with Crippen LogP contribution in [-0.2, 0) is 0 Å². The molecule has 1 unspecified atom stereocenters. The lowest BCUT2D eigenvalue weighted by Gasteiger charge is -2.13. The predicted molar refractivity (Wildman–Crippen MR) is 92.2 cm³/mol. The summed E-state index contributed by atoms with van der Waals surface area (Å²) in [7, 11) is 0. The van der Waals surface area contributed by atoms with Crippen LogP contribution in [0, 0.1) is 0 Å². The molecule has 1 aromatic heterocycles. The molecular weight excluding hydrogens is 282 g/mol. The van der Waals surface area contributed by atoms with Gasteiger partial charge in [0, 0.05) is 34.9 Å². The Kier molecular flexibility index (Phi) is 6.27. The first kappa shape index (κ1) is 16.1. The van der Waals surface area contributed by atoms with Gasteiger partial charge in [0.2, 0.25) is 0 Å². The molecule has 2 N–H and O–H groups in total. The number of aromatic nitrogens is 1. The summed E-state index contributed by atoms with van der Waals surface area (Å²) in [4.78, 5) is 4.35. The van der Waals surface area contributed by atoms with Crippen LogP contribution in [0.1, 0.15) is 33.1 Å². The third-order valence-corrected chi connectivity index (χ3v) is 3.82. The minimum absolute atomic E-state index is 0.610. The zero-order valence-corrected chi connectivity index (χ0v) is 13.6. The second kappa shape index (κ2) is 8.20. The molecule has 1 heterocycles. The Morgan fingerprint density at radius 3 is 2.90 bits per heavy atom. The fourth-order valence-electron chi connectivity index (χ4n) is 2.47. The Hall–Kier alpha value is -1.32. The van der Waals surface area contributed by atoms with Gasteiger partial charge in [-0.25, -0.2) is 0 Å². The van der Waals surface area contributed by atoms with Gasteiger partial charge >= 0.3 is 0 Å². The summed E-state index contributed by atoms with van der Waals surface area (Å²) < 4.78 is 0. The highest BCUT2D eigenvalue weighted by molar-refractivity contribution is 6.31. The molecule has 1 aromatic carbocycles. The van der Waals surface area contributed by atoms with Crippen LogP contribution in [0.2, 0.25) is 5.02 Å². The van der Waals surface area contributed by atoms with E-state index in [-0.39, 0.29) is 0 Å². The standard InChI is InChI=1S/C17H24ClN3/c1-3-5-13(2)19-9-4-10-20-16-8-11-21-17-12-14(18)6-7-15(16)17/h6-8,11-13,19H,3-5,9-10H2,1-2H3,(H,20,21). The molecule has 0 radical (unpaired) electrons. The number of halogens is 1. The van der Waals surface area contributed by atoms with Crippen LogP contribution in [-0.4, -0.2) is 24.1 Å². The van der Waals surface area contributed by atoms with E-state index in [0.29, 0.717) is 6.04 Å². The van der Waals surface area contributed by atoms with E-state index in [1.54, 1.807) is 0 Å². The Morgan fingerprint density at radius 2 is 2.10 bits per heavy atom. The van der Waals surface area contributed by atoms with Crippen LogP contribution in [0.5, 0.6) is 0 Å². The number of fused-ring (bicyclic) bond motifs is 1. The number of benzene rings is 1. The van der Waals surface area contributed by atoms with E-state index in [2.05, 4.69) is 29.5 Å². The third kappa shape index (κ3) is 4.87. The van der Waals surface area contributed by atoms with Gasteiger partial charge in [-0.1, -0.05) is 24.9 Å². The van der Waals surface area contributed by atoms with E-state index in [0.717, 1.165) is 41.1 Å². The summed E-state index contributed by atoms with van der Waals surface area (Å²) in [5, 5.41) is 8.88. The zero-order valence-electron chi connectivity index (χ0n) is 12.8. The summed E-state index contributed by atoms with van der Waals surface area (Å²) in [5.74, 6) is 0. The smallest absolute Gasteiger partial charge is 0.0737 e. The van der Waals surface area contributed by atoms with Crippen molar-refractivity contribution in [2.75, 3.05) is 18.4 Å². The number of anilines is 1. The Balaban J connectivity index is 1.84. The minimum Gasteiger partial charge on any atom is -0.384 e. The van der Waals surface area contributed by atoms with Crippen molar-refractivity contribution in [2.45, 2.75) is 39.2 Å². The van der Waals surface area contributed by atoms with E-state index >= 15 is 0 Å². The predicted octanol–water partition coefficient (Wildman–Crippen LogP) is 4.47. The molecule has 0 spiro atoms. The second-order valence-corrected chi connectivity index (χ2v) is 5.88. The maximum Gasteiger partial charge on any atom is 0.0737 e. The molecule has 0 fully saturated rings. The molecule has 0 bridgehead atoms. The van der Waals surface area contributed by atoms with Gasteiger partial charge in [-0.3, -0.25) is 4.98 Å². The van der Waals surface area contributed by atoms with Gasteiger partial charge in [0.05, 0.1) is 5.52 Å². The van der Waals surface area contributed by atoms with Crippen molar-refractivity contribution in [3.63, 3.8) is 0 Å². The molecule has 114 valence electrons. The van der Waals surface area contributed by atoms with Crippen molar-refractivity contribution in [3.8, 4) is 0 Å².